The summed E-state index contributed by atoms with van der Waals surface area (Å²) in [5.74, 6) is -0.726. The van der Waals surface area contributed by atoms with Crippen molar-refractivity contribution in [2.45, 2.75) is 6.92 Å². The summed E-state index contributed by atoms with van der Waals surface area (Å²) in [5, 5.41) is 8.06. The zero-order chi connectivity index (χ0) is 13.5. The van der Waals surface area contributed by atoms with Gasteiger partial charge in [-0.05, 0) is 12.1 Å². The maximum atomic E-state index is 10.5. The number of hydroxylamine groups is 1. The fraction of sp³-hybridized carbons (Fsp3) is 0.100. The molecular formula is C10H10Cl2N4O2. The molecule has 0 saturated heterocycles. The molecule has 0 aliphatic carbocycles. The highest BCUT2D eigenvalue weighted by atomic mass is 35.5. The summed E-state index contributed by atoms with van der Waals surface area (Å²) in [7, 11) is 0. The Morgan fingerprint density at radius 2 is 2.06 bits per heavy atom. The summed E-state index contributed by atoms with van der Waals surface area (Å²) in [6.45, 7) is 1.22. The molecule has 0 aromatic heterocycles. The molecule has 0 bridgehead atoms. The van der Waals surface area contributed by atoms with Crippen molar-refractivity contribution in [3.05, 3.63) is 33.8 Å². The van der Waals surface area contributed by atoms with Crippen LogP contribution in [0, 0.1) is 0 Å². The van der Waals surface area contributed by atoms with Crippen molar-refractivity contribution in [1.82, 2.24) is 5.48 Å². The fourth-order valence-corrected chi connectivity index (χ4v) is 1.42. The lowest BCUT2D eigenvalue weighted by atomic mass is 10.2. The maximum Gasteiger partial charge on any atom is 0.329 e. The number of guanidine groups is 1. The maximum absolute atomic E-state index is 10.5. The van der Waals surface area contributed by atoms with Crippen LogP contribution in [0.3, 0.4) is 0 Å². The quantitative estimate of drug-likeness (QED) is 0.493. The van der Waals surface area contributed by atoms with Crippen molar-refractivity contribution >= 4 is 41.3 Å². The van der Waals surface area contributed by atoms with Crippen molar-refractivity contribution in [1.29, 1.82) is 0 Å². The Morgan fingerprint density at radius 3 is 2.61 bits per heavy atom. The molecule has 0 spiro atoms. The third-order valence-corrected chi connectivity index (χ3v) is 2.31. The Hall–Kier alpha value is -1.79. The Morgan fingerprint density at radius 1 is 1.44 bits per heavy atom. The van der Waals surface area contributed by atoms with Crippen molar-refractivity contribution in [3.63, 3.8) is 0 Å². The average Bonchev–Trinajstić information content (AvgIpc) is 2.30. The summed E-state index contributed by atoms with van der Waals surface area (Å²) in [4.78, 5) is 14.8. The van der Waals surface area contributed by atoms with Gasteiger partial charge in [-0.1, -0.05) is 29.3 Å². The SMILES string of the molecule is CC(=O)ON/C(N)=N/N=C/c1c(Cl)cccc1Cl. The Labute approximate surface area is 113 Å². The van der Waals surface area contributed by atoms with Crippen LogP contribution in [0.1, 0.15) is 12.5 Å². The molecule has 0 fully saturated rings. The smallest absolute Gasteiger partial charge is 0.329 e. The molecule has 8 heteroatoms. The molecule has 6 nitrogen and oxygen atoms in total. The monoisotopic (exact) mass is 288 g/mol. The molecule has 1 rings (SSSR count). The minimum absolute atomic E-state index is 0.176. The largest absolute Gasteiger partial charge is 0.366 e. The predicted molar refractivity (Wildman–Crippen MR) is 70.6 cm³/mol. The van der Waals surface area contributed by atoms with Gasteiger partial charge >= 0.3 is 5.97 Å². The van der Waals surface area contributed by atoms with E-state index in [1.807, 2.05) is 0 Å². The number of hydrogen-bond donors (Lipinski definition) is 2. The van der Waals surface area contributed by atoms with Gasteiger partial charge in [-0.2, -0.15) is 10.6 Å². The first-order chi connectivity index (χ1) is 8.50. The second kappa shape index (κ2) is 6.83. The lowest BCUT2D eigenvalue weighted by Gasteiger charge is -2.01. The second-order valence-corrected chi connectivity index (χ2v) is 3.88. The van der Waals surface area contributed by atoms with Crippen molar-refractivity contribution in [2.24, 2.45) is 15.9 Å². The number of benzene rings is 1. The van der Waals surface area contributed by atoms with Gasteiger partial charge in [0.05, 0.1) is 16.3 Å². The summed E-state index contributed by atoms with van der Waals surface area (Å²) >= 11 is 11.8. The van der Waals surface area contributed by atoms with Gasteiger partial charge in [-0.15, -0.1) is 5.10 Å². The van der Waals surface area contributed by atoms with Gasteiger partial charge in [0.15, 0.2) is 0 Å². The first-order valence-corrected chi connectivity index (χ1v) is 5.50. The van der Waals surface area contributed by atoms with E-state index < -0.39 is 5.97 Å². The van der Waals surface area contributed by atoms with Crippen molar-refractivity contribution < 1.29 is 9.63 Å². The van der Waals surface area contributed by atoms with E-state index in [0.29, 0.717) is 15.6 Å². The van der Waals surface area contributed by atoms with E-state index in [2.05, 4.69) is 20.5 Å². The minimum atomic E-state index is -0.550. The van der Waals surface area contributed by atoms with Crippen LogP contribution in [0.15, 0.2) is 28.4 Å². The van der Waals surface area contributed by atoms with E-state index in [4.69, 9.17) is 28.9 Å². The highest BCUT2D eigenvalue weighted by Gasteiger charge is 2.01. The summed E-state index contributed by atoms with van der Waals surface area (Å²) in [6, 6.07) is 5.04. The average molecular weight is 289 g/mol. The number of nitrogens with two attached hydrogens (primary N) is 1. The van der Waals surface area contributed by atoms with Crippen LogP contribution in [0.4, 0.5) is 0 Å². The number of rotatable bonds is 2. The number of nitrogens with zero attached hydrogens (tertiary/aromatic N) is 2. The van der Waals surface area contributed by atoms with E-state index in [1.54, 1.807) is 18.2 Å². The van der Waals surface area contributed by atoms with E-state index in [9.17, 15) is 4.79 Å². The zero-order valence-corrected chi connectivity index (χ0v) is 10.9. The van der Waals surface area contributed by atoms with Gasteiger partial charge in [0, 0.05) is 12.5 Å². The predicted octanol–water partition coefficient (Wildman–Crippen LogP) is 1.71. The molecule has 1 aromatic rings. The topological polar surface area (TPSA) is 89.1 Å². The van der Waals surface area contributed by atoms with E-state index >= 15 is 0 Å². The summed E-state index contributed by atoms with van der Waals surface area (Å²) in [5.41, 5.74) is 7.96. The minimum Gasteiger partial charge on any atom is -0.366 e. The van der Waals surface area contributed by atoms with E-state index in [1.165, 1.54) is 13.1 Å². The Balaban J connectivity index is 2.70. The highest BCUT2D eigenvalue weighted by molar-refractivity contribution is 6.38. The third-order valence-electron chi connectivity index (χ3n) is 1.65. The van der Waals surface area contributed by atoms with Crippen LogP contribution < -0.4 is 11.2 Å². The van der Waals surface area contributed by atoms with Crippen molar-refractivity contribution in [3.8, 4) is 0 Å². The first kappa shape index (κ1) is 14.3. The Bertz CT molecular complexity index is 482. The van der Waals surface area contributed by atoms with Gasteiger partial charge in [0.1, 0.15) is 0 Å². The summed E-state index contributed by atoms with van der Waals surface area (Å²) < 4.78 is 0. The number of carbonyl (C=O) groups is 1. The van der Waals surface area contributed by atoms with Gasteiger partial charge in [0.25, 0.3) is 0 Å². The number of nitrogens with one attached hydrogen (secondary N) is 1. The molecule has 1 aromatic carbocycles. The normalized spacial score (nSPS) is 11.6. The summed E-state index contributed by atoms with van der Waals surface area (Å²) in [6.07, 6.45) is 1.34. The standard InChI is InChI=1S/C10H10Cl2N4O2/c1-6(17)18-16-10(13)15-14-5-7-8(11)3-2-4-9(7)12/h2-5H,1H3,(H3,13,15,16)/b14-5+. The molecule has 3 N–H and O–H groups in total. The lowest BCUT2D eigenvalue weighted by Crippen LogP contribution is -2.32. The molecule has 0 atom stereocenters. The molecular weight excluding hydrogens is 279 g/mol. The fourth-order valence-electron chi connectivity index (χ4n) is 0.927. The molecule has 18 heavy (non-hydrogen) atoms. The molecule has 0 radical (unpaired) electrons. The molecule has 0 saturated carbocycles. The molecule has 0 aliphatic rings. The first-order valence-electron chi connectivity index (χ1n) is 4.74. The van der Waals surface area contributed by atoms with Crippen LogP contribution in [-0.2, 0) is 9.63 Å². The van der Waals surface area contributed by atoms with E-state index in [0.717, 1.165) is 0 Å². The molecule has 0 heterocycles. The van der Waals surface area contributed by atoms with Crippen LogP contribution in [-0.4, -0.2) is 18.1 Å². The van der Waals surface area contributed by atoms with Gasteiger partial charge in [-0.25, -0.2) is 0 Å². The van der Waals surface area contributed by atoms with E-state index in [-0.39, 0.29) is 5.96 Å². The lowest BCUT2D eigenvalue weighted by molar-refractivity contribution is -0.145. The third kappa shape index (κ3) is 4.60. The molecule has 96 valence electrons. The second-order valence-electron chi connectivity index (χ2n) is 3.06. The molecule has 0 unspecified atom stereocenters. The van der Waals surface area contributed by atoms with Crippen LogP contribution in [0.25, 0.3) is 0 Å². The van der Waals surface area contributed by atoms with Crippen LogP contribution >= 0.6 is 23.2 Å². The molecule has 0 aliphatic heterocycles. The Kier molecular flexibility index (Phi) is 5.41. The zero-order valence-electron chi connectivity index (χ0n) is 9.35. The molecule has 0 amide bonds. The van der Waals surface area contributed by atoms with Gasteiger partial charge < -0.3 is 10.6 Å². The van der Waals surface area contributed by atoms with Crippen LogP contribution in [0.2, 0.25) is 10.0 Å². The van der Waals surface area contributed by atoms with Gasteiger partial charge in [0.2, 0.25) is 5.96 Å². The number of hydrogen-bond acceptors (Lipinski definition) is 4. The number of halogens is 2. The number of carbonyl (C=O) groups excluding carboxylic acids is 1. The van der Waals surface area contributed by atoms with Gasteiger partial charge in [-0.3, -0.25) is 4.79 Å². The van der Waals surface area contributed by atoms with Crippen LogP contribution in [0.5, 0.6) is 0 Å². The highest BCUT2D eigenvalue weighted by Crippen LogP contribution is 2.22. The van der Waals surface area contributed by atoms with Crippen molar-refractivity contribution in [2.75, 3.05) is 0 Å².